The lowest BCUT2D eigenvalue weighted by atomic mass is 10.2. The van der Waals surface area contributed by atoms with Gasteiger partial charge in [-0.25, -0.2) is 4.98 Å². The Morgan fingerprint density at radius 1 is 0.905 bits per heavy atom. The number of azo groups is 1. The van der Waals surface area contributed by atoms with Crippen molar-refractivity contribution in [3.8, 4) is 23.1 Å². The van der Waals surface area contributed by atoms with Crippen LogP contribution in [0.1, 0.15) is 0 Å². The summed E-state index contributed by atoms with van der Waals surface area (Å²) in [6.07, 6.45) is 1.54. The average Bonchev–Trinajstić information content (AvgIpc) is 2.54. The van der Waals surface area contributed by atoms with E-state index in [-0.39, 0.29) is 17.2 Å². The van der Waals surface area contributed by atoms with Crippen molar-refractivity contribution in [1.82, 2.24) is 4.98 Å². The van der Waals surface area contributed by atoms with Crippen LogP contribution in [0.5, 0.6) is 23.1 Å². The number of aromatic nitrogens is 1. The lowest BCUT2D eigenvalue weighted by Crippen LogP contribution is -1.88. The third-order valence-corrected chi connectivity index (χ3v) is 2.68. The molecule has 1 aromatic carbocycles. The molecule has 7 heteroatoms. The van der Waals surface area contributed by atoms with Crippen molar-refractivity contribution in [2.24, 2.45) is 10.2 Å². The highest BCUT2D eigenvalue weighted by atomic mass is 16.5. The minimum absolute atomic E-state index is 0.0786. The monoisotopic (exact) mass is 289 g/mol. The molecule has 2 rings (SSSR count). The Labute approximate surface area is 121 Å². The van der Waals surface area contributed by atoms with Crippen LogP contribution in [0.15, 0.2) is 40.7 Å². The molecule has 0 bridgehead atoms. The molecule has 0 aliphatic heterocycles. The van der Waals surface area contributed by atoms with Gasteiger partial charge in [0.2, 0.25) is 11.6 Å². The number of phenolic OH excluding ortho intramolecular Hbond substituents is 1. The fourth-order valence-electron chi connectivity index (χ4n) is 1.61. The molecule has 0 saturated carbocycles. The molecule has 0 saturated heterocycles. The minimum atomic E-state index is -0.0786. The third-order valence-electron chi connectivity index (χ3n) is 2.68. The average molecular weight is 289 g/mol. The van der Waals surface area contributed by atoms with E-state index in [1.807, 2.05) is 0 Å². The van der Waals surface area contributed by atoms with Gasteiger partial charge in [-0.05, 0) is 6.07 Å². The lowest BCUT2D eigenvalue weighted by Gasteiger charge is -2.08. The van der Waals surface area contributed by atoms with Crippen molar-refractivity contribution < 1.29 is 19.3 Å². The lowest BCUT2D eigenvalue weighted by molar-refractivity contribution is 0.340. The number of aromatic hydroxyl groups is 1. The van der Waals surface area contributed by atoms with Crippen LogP contribution >= 0.6 is 0 Å². The number of ether oxygens (including phenoxy) is 3. The van der Waals surface area contributed by atoms with E-state index >= 15 is 0 Å². The van der Waals surface area contributed by atoms with Crippen molar-refractivity contribution in [2.75, 3.05) is 21.3 Å². The van der Waals surface area contributed by atoms with E-state index in [9.17, 15) is 5.11 Å². The molecule has 0 amide bonds. The molecule has 0 atom stereocenters. The van der Waals surface area contributed by atoms with Gasteiger partial charge < -0.3 is 19.3 Å². The molecule has 1 N–H and O–H groups in total. The number of phenols is 1. The predicted octanol–water partition coefficient (Wildman–Crippen LogP) is 3.23. The molecule has 21 heavy (non-hydrogen) atoms. The Morgan fingerprint density at radius 2 is 1.52 bits per heavy atom. The smallest absolute Gasteiger partial charge is 0.213 e. The summed E-state index contributed by atoms with van der Waals surface area (Å²) >= 11 is 0. The highest BCUT2D eigenvalue weighted by Gasteiger charge is 2.10. The largest absolute Gasteiger partial charge is 0.502 e. The number of nitrogens with zero attached hydrogens (tertiary/aromatic N) is 3. The van der Waals surface area contributed by atoms with Gasteiger partial charge in [0.05, 0.1) is 33.2 Å². The molecule has 7 nitrogen and oxygen atoms in total. The van der Waals surface area contributed by atoms with Crippen LogP contribution in [-0.2, 0) is 0 Å². The van der Waals surface area contributed by atoms with Gasteiger partial charge in [-0.3, -0.25) is 0 Å². The molecule has 0 unspecified atom stereocenters. The molecule has 0 spiro atoms. The van der Waals surface area contributed by atoms with E-state index in [0.29, 0.717) is 17.3 Å². The summed E-state index contributed by atoms with van der Waals surface area (Å²) < 4.78 is 15.1. The van der Waals surface area contributed by atoms with Crippen LogP contribution < -0.4 is 14.2 Å². The quantitative estimate of drug-likeness (QED) is 0.854. The van der Waals surface area contributed by atoms with Gasteiger partial charge in [0.25, 0.3) is 0 Å². The summed E-state index contributed by atoms with van der Waals surface area (Å²) in [5, 5.41) is 17.9. The summed E-state index contributed by atoms with van der Waals surface area (Å²) in [6, 6.07) is 6.52. The highest BCUT2D eigenvalue weighted by Crippen LogP contribution is 2.40. The van der Waals surface area contributed by atoms with E-state index in [0.717, 1.165) is 0 Å². The first kappa shape index (κ1) is 14.6. The van der Waals surface area contributed by atoms with Crippen molar-refractivity contribution in [2.45, 2.75) is 0 Å². The summed E-state index contributed by atoms with van der Waals surface area (Å²) in [7, 11) is 4.43. The number of methoxy groups -OCH3 is 3. The van der Waals surface area contributed by atoms with Gasteiger partial charge in [-0.1, -0.05) is 0 Å². The summed E-state index contributed by atoms with van der Waals surface area (Å²) in [6.45, 7) is 0. The molecule has 2 aromatic rings. The number of pyridine rings is 1. The number of hydrogen-bond donors (Lipinski definition) is 1. The molecule has 1 heterocycles. The number of benzene rings is 1. The second kappa shape index (κ2) is 6.56. The van der Waals surface area contributed by atoms with Crippen molar-refractivity contribution in [1.29, 1.82) is 0 Å². The first-order chi connectivity index (χ1) is 10.2. The zero-order valence-corrected chi connectivity index (χ0v) is 11.9. The molecule has 0 fully saturated rings. The molecule has 0 radical (unpaired) electrons. The van der Waals surface area contributed by atoms with E-state index in [1.54, 1.807) is 31.4 Å². The normalized spacial score (nSPS) is 10.6. The zero-order chi connectivity index (χ0) is 15.2. The third kappa shape index (κ3) is 3.38. The minimum Gasteiger partial charge on any atom is -0.502 e. The Bertz CT molecular complexity index is 616. The molecule has 0 aliphatic carbocycles. The topological polar surface area (TPSA) is 85.5 Å². The predicted molar refractivity (Wildman–Crippen MR) is 76.2 cm³/mol. The highest BCUT2D eigenvalue weighted by molar-refractivity contribution is 5.59. The molecule has 0 aliphatic rings. The van der Waals surface area contributed by atoms with Crippen molar-refractivity contribution >= 4 is 11.4 Å². The molecular weight excluding hydrogens is 274 g/mol. The maximum absolute atomic E-state index is 9.81. The zero-order valence-electron chi connectivity index (χ0n) is 11.9. The van der Waals surface area contributed by atoms with E-state index in [2.05, 4.69) is 15.2 Å². The molecule has 1 aromatic heterocycles. The summed E-state index contributed by atoms with van der Waals surface area (Å²) in [5.41, 5.74) is 1.05. The van der Waals surface area contributed by atoms with Gasteiger partial charge in [0.15, 0.2) is 11.5 Å². The van der Waals surface area contributed by atoms with E-state index in [1.165, 1.54) is 20.4 Å². The van der Waals surface area contributed by atoms with Crippen LogP contribution in [0.25, 0.3) is 0 Å². The Morgan fingerprint density at radius 3 is 2.00 bits per heavy atom. The van der Waals surface area contributed by atoms with Crippen LogP contribution in [-0.4, -0.2) is 31.4 Å². The number of hydrogen-bond acceptors (Lipinski definition) is 7. The van der Waals surface area contributed by atoms with Crippen molar-refractivity contribution in [3.05, 3.63) is 30.5 Å². The summed E-state index contributed by atoms with van der Waals surface area (Å²) in [4.78, 5) is 4.03. The Kier molecular flexibility index (Phi) is 4.55. The van der Waals surface area contributed by atoms with E-state index in [4.69, 9.17) is 14.2 Å². The van der Waals surface area contributed by atoms with Crippen LogP contribution in [0.3, 0.4) is 0 Å². The van der Waals surface area contributed by atoms with E-state index < -0.39 is 0 Å². The first-order valence-corrected chi connectivity index (χ1v) is 6.04. The standard InChI is InChI=1S/C14H15N3O4/c1-19-11-6-10(7-12(20-2)14(11)18)17-16-9-4-5-13(21-3)15-8-9/h4-8,18H,1-3H3/b17-16+. The van der Waals surface area contributed by atoms with Crippen LogP contribution in [0.4, 0.5) is 11.4 Å². The molecule has 110 valence electrons. The maximum Gasteiger partial charge on any atom is 0.213 e. The number of rotatable bonds is 5. The first-order valence-electron chi connectivity index (χ1n) is 6.04. The summed E-state index contributed by atoms with van der Waals surface area (Å²) in [5.74, 6) is 0.944. The second-order valence-corrected chi connectivity index (χ2v) is 3.96. The van der Waals surface area contributed by atoms with Gasteiger partial charge >= 0.3 is 0 Å². The Balaban J connectivity index is 2.27. The SMILES string of the molecule is COc1ccc(/N=N/c2cc(OC)c(O)c(OC)c2)cn1. The van der Waals surface area contributed by atoms with Crippen molar-refractivity contribution in [3.63, 3.8) is 0 Å². The Hall–Kier alpha value is -2.83. The fraction of sp³-hybridized carbons (Fsp3) is 0.214. The maximum atomic E-state index is 9.81. The second-order valence-electron chi connectivity index (χ2n) is 3.96. The van der Waals surface area contributed by atoms with Gasteiger partial charge in [-0.15, -0.1) is 5.11 Å². The fourth-order valence-corrected chi connectivity index (χ4v) is 1.61. The molecular formula is C14H15N3O4. The van der Waals surface area contributed by atoms with Gasteiger partial charge in [-0.2, -0.15) is 5.11 Å². The van der Waals surface area contributed by atoms with Gasteiger partial charge in [0.1, 0.15) is 5.69 Å². The van der Waals surface area contributed by atoms with Gasteiger partial charge in [0, 0.05) is 18.2 Å². The van der Waals surface area contributed by atoms with Crippen LogP contribution in [0, 0.1) is 0 Å². The van der Waals surface area contributed by atoms with Crippen LogP contribution in [0.2, 0.25) is 0 Å².